The molecule has 2 heterocycles. The molecule has 1 aliphatic heterocycles. The highest BCUT2D eigenvalue weighted by Crippen LogP contribution is 2.47. The van der Waals surface area contributed by atoms with Crippen LogP contribution in [0.4, 0.5) is 5.69 Å². The molecule has 37 heavy (non-hydrogen) atoms. The summed E-state index contributed by atoms with van der Waals surface area (Å²) in [5, 5.41) is 7.51. The van der Waals surface area contributed by atoms with E-state index in [1.807, 2.05) is 55.5 Å². The fraction of sp³-hybridized carbons (Fsp3) is 0.207. The lowest BCUT2D eigenvalue weighted by Gasteiger charge is -2.27. The third kappa shape index (κ3) is 4.31. The van der Waals surface area contributed by atoms with Gasteiger partial charge in [0.2, 0.25) is 0 Å². The molecule has 0 fully saturated rings. The van der Waals surface area contributed by atoms with Crippen molar-refractivity contribution in [3.8, 4) is 22.8 Å². The molecular formula is C29H27N3O5. The van der Waals surface area contributed by atoms with E-state index in [1.165, 1.54) is 0 Å². The second-order valence-electron chi connectivity index (χ2n) is 8.41. The van der Waals surface area contributed by atoms with Crippen LogP contribution in [-0.2, 0) is 4.74 Å². The smallest absolute Gasteiger partial charge is 0.338 e. The number of esters is 1. The van der Waals surface area contributed by atoms with Gasteiger partial charge in [0.25, 0.3) is 5.91 Å². The van der Waals surface area contributed by atoms with Crippen molar-refractivity contribution >= 4 is 17.6 Å². The molecule has 1 atom stereocenters. The summed E-state index contributed by atoms with van der Waals surface area (Å²) in [5.41, 5.74) is 4.57. The van der Waals surface area contributed by atoms with Crippen LogP contribution < -0.4 is 14.4 Å². The van der Waals surface area contributed by atoms with Crippen LogP contribution >= 0.6 is 0 Å². The summed E-state index contributed by atoms with van der Waals surface area (Å²) in [7, 11) is 1.61. The fourth-order valence-electron chi connectivity index (χ4n) is 4.67. The molecule has 188 valence electrons. The number of fused-ring (bicyclic) bond motifs is 1. The highest BCUT2D eigenvalue weighted by atomic mass is 16.5. The number of methoxy groups -OCH3 is 1. The standard InChI is InChI=1S/C29H27N3O5/c1-4-36-21-16-12-18(13-17-21)25-24-26(31-30-25)28(33)32(27(24)22-8-6-7-9-23(22)35-3)20-14-10-19(11-15-20)29(34)37-5-2/h6-17,27H,4-5H2,1-3H3,(H,30,31)/t27-/m1/s1. The van der Waals surface area contributed by atoms with Crippen LogP contribution in [0.5, 0.6) is 11.5 Å². The molecule has 0 radical (unpaired) electrons. The van der Waals surface area contributed by atoms with Crippen molar-refractivity contribution in [2.75, 3.05) is 25.2 Å². The van der Waals surface area contributed by atoms with Gasteiger partial charge in [-0.3, -0.25) is 14.8 Å². The van der Waals surface area contributed by atoms with Gasteiger partial charge >= 0.3 is 5.97 Å². The number of benzene rings is 3. The largest absolute Gasteiger partial charge is 0.496 e. The number of hydrogen-bond acceptors (Lipinski definition) is 6. The predicted octanol–water partition coefficient (Wildman–Crippen LogP) is 5.41. The molecule has 5 rings (SSSR count). The molecule has 3 aromatic carbocycles. The quantitative estimate of drug-likeness (QED) is 0.327. The van der Waals surface area contributed by atoms with E-state index < -0.39 is 12.0 Å². The second-order valence-corrected chi connectivity index (χ2v) is 8.41. The third-order valence-corrected chi connectivity index (χ3v) is 6.30. The number of amides is 1. The molecule has 0 unspecified atom stereocenters. The molecule has 1 aromatic heterocycles. The predicted molar refractivity (Wildman–Crippen MR) is 139 cm³/mol. The number of rotatable bonds is 8. The minimum Gasteiger partial charge on any atom is -0.496 e. The van der Waals surface area contributed by atoms with Crippen LogP contribution in [0.25, 0.3) is 11.3 Å². The van der Waals surface area contributed by atoms with Gasteiger partial charge in [-0.15, -0.1) is 0 Å². The van der Waals surface area contributed by atoms with Crippen molar-refractivity contribution in [2.24, 2.45) is 0 Å². The van der Waals surface area contributed by atoms with E-state index in [2.05, 4.69) is 10.2 Å². The molecule has 0 spiro atoms. The maximum Gasteiger partial charge on any atom is 0.338 e. The molecule has 1 N–H and O–H groups in total. The zero-order valence-corrected chi connectivity index (χ0v) is 20.9. The Bertz CT molecular complexity index is 1430. The molecule has 0 bridgehead atoms. The average molecular weight is 498 g/mol. The lowest BCUT2D eigenvalue weighted by Crippen LogP contribution is -2.29. The van der Waals surface area contributed by atoms with Gasteiger partial charge in [0, 0.05) is 22.4 Å². The topological polar surface area (TPSA) is 93.8 Å². The van der Waals surface area contributed by atoms with E-state index >= 15 is 0 Å². The summed E-state index contributed by atoms with van der Waals surface area (Å²) >= 11 is 0. The van der Waals surface area contributed by atoms with E-state index in [1.54, 1.807) is 43.2 Å². The summed E-state index contributed by atoms with van der Waals surface area (Å²) in [6, 6.07) is 21.6. The van der Waals surface area contributed by atoms with Gasteiger partial charge in [-0.2, -0.15) is 5.10 Å². The number of H-pyrrole nitrogens is 1. The number of aromatic nitrogens is 2. The van der Waals surface area contributed by atoms with Crippen LogP contribution in [0.2, 0.25) is 0 Å². The minimum atomic E-state index is -0.507. The first kappa shape index (κ1) is 24.1. The number of carbonyl (C=O) groups excluding carboxylic acids is 2. The Morgan fingerprint density at radius 3 is 2.38 bits per heavy atom. The summed E-state index contributed by atoms with van der Waals surface area (Å²) in [5.74, 6) is 0.786. The van der Waals surface area contributed by atoms with Crippen LogP contribution in [-0.4, -0.2) is 42.4 Å². The number of aromatic amines is 1. The summed E-state index contributed by atoms with van der Waals surface area (Å²) < 4.78 is 16.4. The number of para-hydroxylation sites is 1. The molecule has 8 heteroatoms. The highest BCUT2D eigenvalue weighted by Gasteiger charge is 2.44. The monoisotopic (exact) mass is 497 g/mol. The average Bonchev–Trinajstić information content (AvgIpc) is 3.48. The zero-order chi connectivity index (χ0) is 25.9. The van der Waals surface area contributed by atoms with Crippen molar-refractivity contribution in [3.63, 3.8) is 0 Å². The first-order valence-corrected chi connectivity index (χ1v) is 12.1. The molecule has 0 saturated heterocycles. The number of anilines is 1. The fourth-order valence-corrected chi connectivity index (χ4v) is 4.67. The van der Waals surface area contributed by atoms with Crippen LogP contribution in [0, 0.1) is 0 Å². The second kappa shape index (κ2) is 10.2. The Balaban J connectivity index is 1.63. The van der Waals surface area contributed by atoms with Gasteiger partial charge in [0.15, 0.2) is 0 Å². The van der Waals surface area contributed by atoms with E-state index in [0.717, 1.165) is 22.4 Å². The van der Waals surface area contributed by atoms with E-state index in [9.17, 15) is 9.59 Å². The minimum absolute atomic E-state index is 0.223. The van der Waals surface area contributed by atoms with Gasteiger partial charge < -0.3 is 14.2 Å². The lowest BCUT2D eigenvalue weighted by atomic mass is 9.95. The molecule has 4 aromatic rings. The lowest BCUT2D eigenvalue weighted by molar-refractivity contribution is 0.0526. The summed E-state index contributed by atoms with van der Waals surface area (Å²) in [6.07, 6.45) is 0. The molecule has 8 nitrogen and oxygen atoms in total. The SMILES string of the molecule is CCOC(=O)c1ccc(N2C(=O)c3[nH]nc(-c4ccc(OCC)cc4)c3[C@H]2c2ccccc2OC)cc1. The molecular weight excluding hydrogens is 470 g/mol. The number of ether oxygens (including phenoxy) is 3. The number of nitrogens with zero attached hydrogens (tertiary/aromatic N) is 2. The first-order valence-electron chi connectivity index (χ1n) is 12.1. The molecule has 0 aliphatic carbocycles. The van der Waals surface area contributed by atoms with Gasteiger partial charge in [-0.05, 0) is 68.4 Å². The van der Waals surface area contributed by atoms with Crippen LogP contribution in [0.3, 0.4) is 0 Å². The maximum absolute atomic E-state index is 13.8. The number of hydrogen-bond donors (Lipinski definition) is 1. The number of carbonyl (C=O) groups is 2. The van der Waals surface area contributed by atoms with Gasteiger partial charge in [-0.1, -0.05) is 18.2 Å². The van der Waals surface area contributed by atoms with E-state index in [-0.39, 0.29) is 12.5 Å². The zero-order valence-electron chi connectivity index (χ0n) is 20.9. The maximum atomic E-state index is 13.8. The molecule has 0 saturated carbocycles. The molecule has 1 amide bonds. The van der Waals surface area contributed by atoms with Crippen molar-refractivity contribution in [3.05, 3.63) is 95.2 Å². The van der Waals surface area contributed by atoms with Gasteiger partial charge in [-0.25, -0.2) is 4.79 Å². The Morgan fingerprint density at radius 1 is 0.973 bits per heavy atom. The number of nitrogens with one attached hydrogen (secondary N) is 1. The van der Waals surface area contributed by atoms with Crippen LogP contribution in [0.15, 0.2) is 72.8 Å². The van der Waals surface area contributed by atoms with Crippen molar-refractivity contribution in [1.82, 2.24) is 10.2 Å². The normalized spacial score (nSPS) is 14.4. The Morgan fingerprint density at radius 2 is 1.70 bits per heavy atom. The summed E-state index contributed by atoms with van der Waals surface area (Å²) in [6.45, 7) is 4.56. The van der Waals surface area contributed by atoms with Crippen molar-refractivity contribution in [1.29, 1.82) is 0 Å². The van der Waals surface area contributed by atoms with Gasteiger partial charge in [0.05, 0.1) is 37.6 Å². The van der Waals surface area contributed by atoms with Crippen molar-refractivity contribution < 1.29 is 23.8 Å². The third-order valence-electron chi connectivity index (χ3n) is 6.30. The first-order chi connectivity index (χ1) is 18.1. The van der Waals surface area contributed by atoms with Crippen LogP contribution in [0.1, 0.15) is 51.9 Å². The Kier molecular flexibility index (Phi) is 6.64. The van der Waals surface area contributed by atoms with E-state index in [0.29, 0.717) is 35.0 Å². The van der Waals surface area contributed by atoms with Gasteiger partial charge in [0.1, 0.15) is 17.2 Å². The Hall–Kier alpha value is -4.59. The van der Waals surface area contributed by atoms with Crippen molar-refractivity contribution in [2.45, 2.75) is 19.9 Å². The highest BCUT2D eigenvalue weighted by molar-refractivity contribution is 6.12. The Labute approximate surface area is 214 Å². The van der Waals surface area contributed by atoms with E-state index in [4.69, 9.17) is 14.2 Å². The molecule has 1 aliphatic rings. The summed E-state index contributed by atoms with van der Waals surface area (Å²) in [4.78, 5) is 27.7.